The van der Waals surface area contributed by atoms with Gasteiger partial charge in [-0.3, -0.25) is 0 Å². The van der Waals surface area contributed by atoms with Crippen LogP contribution >= 0.6 is 11.6 Å². The number of rotatable bonds is 3. The number of benzene rings is 1. The average Bonchev–Trinajstić information content (AvgIpc) is 2.22. The smallest absolute Gasteiger partial charge is 0.248 e. The third-order valence-corrected chi connectivity index (χ3v) is 3.08. The maximum atomic E-state index is 13.3. The van der Waals surface area contributed by atoms with Crippen LogP contribution in [-0.2, 0) is 0 Å². The minimum Gasteiger partial charge on any atom is -0.492 e. The molecule has 2 nitrogen and oxygen atoms in total. The lowest BCUT2D eigenvalue weighted by Crippen LogP contribution is -2.38. The van der Waals surface area contributed by atoms with Crippen molar-refractivity contribution in [3.63, 3.8) is 0 Å². The van der Waals surface area contributed by atoms with Crippen LogP contribution in [0.2, 0.25) is 5.02 Å². The van der Waals surface area contributed by atoms with Gasteiger partial charge in [-0.1, -0.05) is 11.6 Å². The zero-order chi connectivity index (χ0) is 12.6. The van der Waals surface area contributed by atoms with Crippen molar-refractivity contribution >= 4 is 17.3 Å². The van der Waals surface area contributed by atoms with Gasteiger partial charge in [0.15, 0.2) is 5.82 Å². The number of nitrogen functional groups attached to an aromatic ring is 1. The Morgan fingerprint density at radius 3 is 2.65 bits per heavy atom. The van der Waals surface area contributed by atoms with Crippen molar-refractivity contribution in [2.24, 2.45) is 5.92 Å². The second-order valence-corrected chi connectivity index (χ2v) is 4.60. The van der Waals surface area contributed by atoms with Crippen molar-refractivity contribution in [3.8, 4) is 5.75 Å². The molecule has 1 fully saturated rings. The minimum atomic E-state index is -2.58. The number of hydrogen-bond donors (Lipinski definition) is 1. The Morgan fingerprint density at radius 1 is 1.41 bits per heavy atom. The first-order valence-corrected chi connectivity index (χ1v) is 5.51. The number of halogens is 4. The van der Waals surface area contributed by atoms with Crippen LogP contribution in [0, 0.1) is 11.7 Å². The highest BCUT2D eigenvalue weighted by molar-refractivity contribution is 6.32. The topological polar surface area (TPSA) is 35.2 Å². The van der Waals surface area contributed by atoms with Gasteiger partial charge in [0, 0.05) is 18.8 Å². The molecule has 0 unspecified atom stereocenters. The quantitative estimate of drug-likeness (QED) is 0.849. The van der Waals surface area contributed by atoms with E-state index >= 15 is 0 Å². The molecule has 1 aliphatic rings. The Kier molecular flexibility index (Phi) is 3.12. The SMILES string of the molecule is Nc1ccc(OCC2CC(F)(F)C2)c(Cl)c1F. The molecule has 94 valence electrons. The Labute approximate surface area is 102 Å². The first-order valence-electron chi connectivity index (χ1n) is 5.13. The first kappa shape index (κ1) is 12.4. The van der Waals surface area contributed by atoms with E-state index in [4.69, 9.17) is 22.1 Å². The van der Waals surface area contributed by atoms with Crippen LogP contribution in [0.3, 0.4) is 0 Å². The molecule has 0 amide bonds. The lowest BCUT2D eigenvalue weighted by atomic mass is 9.82. The number of anilines is 1. The van der Waals surface area contributed by atoms with Gasteiger partial charge in [-0.15, -0.1) is 0 Å². The lowest BCUT2D eigenvalue weighted by Gasteiger charge is -2.34. The number of ether oxygens (including phenoxy) is 1. The summed E-state index contributed by atoms with van der Waals surface area (Å²) in [5.74, 6) is -3.40. The zero-order valence-corrected chi connectivity index (χ0v) is 9.61. The van der Waals surface area contributed by atoms with Crippen LogP contribution < -0.4 is 10.5 Å². The third kappa shape index (κ3) is 2.60. The van der Waals surface area contributed by atoms with E-state index in [9.17, 15) is 13.2 Å². The first-order chi connectivity index (χ1) is 7.89. The highest BCUT2D eigenvalue weighted by Gasteiger charge is 2.45. The van der Waals surface area contributed by atoms with Gasteiger partial charge in [-0.2, -0.15) is 0 Å². The summed E-state index contributed by atoms with van der Waals surface area (Å²) in [6.45, 7) is 0.110. The second kappa shape index (κ2) is 4.29. The molecule has 0 heterocycles. The summed E-state index contributed by atoms with van der Waals surface area (Å²) in [7, 11) is 0. The molecule has 0 aromatic heterocycles. The third-order valence-electron chi connectivity index (χ3n) is 2.73. The van der Waals surface area contributed by atoms with Crippen LogP contribution in [0.5, 0.6) is 5.75 Å². The largest absolute Gasteiger partial charge is 0.492 e. The Balaban J connectivity index is 1.94. The van der Waals surface area contributed by atoms with E-state index in [0.29, 0.717) is 0 Å². The summed E-state index contributed by atoms with van der Waals surface area (Å²) < 4.78 is 43.6. The van der Waals surface area contributed by atoms with E-state index in [1.165, 1.54) is 12.1 Å². The fourth-order valence-corrected chi connectivity index (χ4v) is 2.00. The molecule has 1 aromatic carbocycles. The molecule has 1 aliphatic carbocycles. The number of alkyl halides is 2. The van der Waals surface area contributed by atoms with E-state index in [0.717, 1.165) is 0 Å². The van der Waals surface area contributed by atoms with Crippen LogP contribution in [0.4, 0.5) is 18.9 Å². The predicted octanol–water partition coefficient (Wildman–Crippen LogP) is 3.49. The summed E-state index contributed by atoms with van der Waals surface area (Å²) in [6.07, 6.45) is -0.385. The molecule has 0 radical (unpaired) electrons. The average molecular weight is 266 g/mol. The van der Waals surface area contributed by atoms with E-state index in [1.54, 1.807) is 0 Å². The van der Waals surface area contributed by atoms with E-state index in [-0.39, 0.29) is 41.8 Å². The van der Waals surface area contributed by atoms with E-state index in [1.807, 2.05) is 0 Å². The Hall–Kier alpha value is -1.10. The van der Waals surface area contributed by atoms with Gasteiger partial charge in [0.05, 0.1) is 12.3 Å². The van der Waals surface area contributed by atoms with Crippen molar-refractivity contribution in [3.05, 3.63) is 23.0 Å². The Morgan fingerprint density at radius 2 is 2.06 bits per heavy atom. The predicted molar refractivity (Wildman–Crippen MR) is 59.0 cm³/mol. The highest BCUT2D eigenvalue weighted by Crippen LogP contribution is 2.42. The van der Waals surface area contributed by atoms with Crippen molar-refractivity contribution in [1.29, 1.82) is 0 Å². The molecular weight excluding hydrogens is 255 g/mol. The number of nitrogens with two attached hydrogens (primary N) is 1. The summed E-state index contributed by atoms with van der Waals surface area (Å²) in [6, 6.07) is 2.75. The summed E-state index contributed by atoms with van der Waals surface area (Å²) in [5.41, 5.74) is 5.23. The fourth-order valence-electron chi connectivity index (χ4n) is 1.77. The van der Waals surface area contributed by atoms with Gasteiger partial charge in [-0.25, -0.2) is 13.2 Å². The fraction of sp³-hybridized carbons (Fsp3) is 0.455. The Bertz CT molecular complexity index is 431. The monoisotopic (exact) mass is 265 g/mol. The van der Waals surface area contributed by atoms with E-state index < -0.39 is 11.7 Å². The molecule has 0 spiro atoms. The maximum absolute atomic E-state index is 13.3. The van der Waals surface area contributed by atoms with Crippen molar-refractivity contribution in [1.82, 2.24) is 0 Å². The molecule has 0 aliphatic heterocycles. The normalized spacial score (nSPS) is 18.8. The van der Waals surface area contributed by atoms with Crippen molar-refractivity contribution in [2.75, 3.05) is 12.3 Å². The van der Waals surface area contributed by atoms with Crippen LogP contribution in [0.15, 0.2) is 12.1 Å². The molecule has 0 saturated heterocycles. The summed E-state index contributed by atoms with van der Waals surface area (Å²) >= 11 is 5.67. The van der Waals surface area contributed by atoms with Gasteiger partial charge in [0.25, 0.3) is 0 Å². The minimum absolute atomic E-state index is 0.0717. The van der Waals surface area contributed by atoms with Gasteiger partial charge in [0.2, 0.25) is 5.92 Å². The zero-order valence-electron chi connectivity index (χ0n) is 8.85. The molecule has 0 atom stereocenters. The lowest BCUT2D eigenvalue weighted by molar-refractivity contribution is -0.119. The van der Waals surface area contributed by atoms with Gasteiger partial charge in [0.1, 0.15) is 10.8 Å². The van der Waals surface area contributed by atoms with Crippen LogP contribution in [0.1, 0.15) is 12.8 Å². The number of hydrogen-bond acceptors (Lipinski definition) is 2. The van der Waals surface area contributed by atoms with Crippen LogP contribution in [0.25, 0.3) is 0 Å². The summed E-state index contributed by atoms with van der Waals surface area (Å²) in [4.78, 5) is 0. The summed E-state index contributed by atoms with van der Waals surface area (Å²) in [5, 5.41) is -0.212. The highest BCUT2D eigenvalue weighted by atomic mass is 35.5. The molecule has 2 rings (SSSR count). The standard InChI is InChI=1S/C11H11ClF3NO/c12-9-8(2-1-7(16)10(9)13)17-5-6-3-11(14,15)4-6/h1-2,6H,3-5,16H2. The maximum Gasteiger partial charge on any atom is 0.248 e. The van der Waals surface area contributed by atoms with Gasteiger partial charge >= 0.3 is 0 Å². The molecule has 0 bridgehead atoms. The molecule has 2 N–H and O–H groups in total. The van der Waals surface area contributed by atoms with Crippen molar-refractivity contribution < 1.29 is 17.9 Å². The molecular formula is C11H11ClF3NO. The molecule has 1 saturated carbocycles. The molecule has 6 heteroatoms. The van der Waals surface area contributed by atoms with Gasteiger partial charge in [-0.05, 0) is 12.1 Å². The molecule has 1 aromatic rings. The van der Waals surface area contributed by atoms with E-state index in [2.05, 4.69) is 0 Å². The second-order valence-electron chi connectivity index (χ2n) is 4.22. The van der Waals surface area contributed by atoms with Crippen molar-refractivity contribution in [2.45, 2.75) is 18.8 Å². The van der Waals surface area contributed by atoms with Crippen LogP contribution in [-0.4, -0.2) is 12.5 Å². The molecule has 17 heavy (non-hydrogen) atoms. The van der Waals surface area contributed by atoms with Gasteiger partial charge < -0.3 is 10.5 Å².